The van der Waals surface area contributed by atoms with Crippen LogP contribution < -0.4 is 14.2 Å². The maximum atomic E-state index is 12.5. The zero-order valence-electron chi connectivity index (χ0n) is 14.6. The summed E-state index contributed by atoms with van der Waals surface area (Å²) in [5, 5.41) is 9.73. The molecule has 0 aromatic heterocycles. The first-order valence-electron chi connectivity index (χ1n) is 8.28. The number of rotatable bonds is 6. The molecule has 0 fully saturated rings. The van der Waals surface area contributed by atoms with Crippen molar-refractivity contribution in [2.24, 2.45) is 5.92 Å². The highest BCUT2D eigenvalue weighted by molar-refractivity contribution is 5.78. The van der Waals surface area contributed by atoms with Gasteiger partial charge in [0.1, 0.15) is 5.75 Å². The Hall–Kier alpha value is -3.20. The zero-order chi connectivity index (χ0) is 18.5. The van der Waals surface area contributed by atoms with E-state index >= 15 is 0 Å². The quantitative estimate of drug-likeness (QED) is 0.742. The molecule has 0 amide bonds. The fourth-order valence-electron chi connectivity index (χ4n) is 3.08. The number of fused-ring (bicyclic) bond motifs is 1. The second-order valence-electron chi connectivity index (χ2n) is 5.69. The van der Waals surface area contributed by atoms with Gasteiger partial charge in [-0.05, 0) is 30.7 Å². The van der Waals surface area contributed by atoms with Crippen molar-refractivity contribution in [3.63, 3.8) is 0 Å². The molecule has 1 aliphatic rings. The predicted octanol–water partition coefficient (Wildman–Crippen LogP) is 3.26. The molecular formula is C20H19NO5. The van der Waals surface area contributed by atoms with Crippen LogP contribution in [0.2, 0.25) is 0 Å². The van der Waals surface area contributed by atoms with Gasteiger partial charge < -0.3 is 18.9 Å². The van der Waals surface area contributed by atoms with E-state index in [9.17, 15) is 10.1 Å². The minimum absolute atomic E-state index is 0.150. The lowest BCUT2D eigenvalue weighted by molar-refractivity contribution is -0.146. The van der Waals surface area contributed by atoms with E-state index in [0.29, 0.717) is 17.2 Å². The van der Waals surface area contributed by atoms with Crippen molar-refractivity contribution in [2.45, 2.75) is 12.8 Å². The van der Waals surface area contributed by atoms with E-state index in [-0.39, 0.29) is 13.4 Å². The van der Waals surface area contributed by atoms with Gasteiger partial charge in [-0.1, -0.05) is 24.3 Å². The minimum Gasteiger partial charge on any atom is -0.496 e. The first-order valence-corrected chi connectivity index (χ1v) is 8.28. The number of hydrogen-bond donors (Lipinski definition) is 0. The smallest absolute Gasteiger partial charge is 0.324 e. The third kappa shape index (κ3) is 3.29. The van der Waals surface area contributed by atoms with Gasteiger partial charge >= 0.3 is 5.97 Å². The van der Waals surface area contributed by atoms with Gasteiger partial charge in [0.15, 0.2) is 17.4 Å². The van der Waals surface area contributed by atoms with Crippen LogP contribution in [-0.4, -0.2) is 26.5 Å². The molecule has 2 atom stereocenters. The molecule has 0 saturated heterocycles. The molecule has 0 aliphatic carbocycles. The van der Waals surface area contributed by atoms with Crippen molar-refractivity contribution in [2.75, 3.05) is 20.5 Å². The highest BCUT2D eigenvalue weighted by Gasteiger charge is 2.35. The van der Waals surface area contributed by atoms with Crippen LogP contribution in [0, 0.1) is 17.2 Å². The highest BCUT2D eigenvalue weighted by atomic mass is 16.7. The van der Waals surface area contributed by atoms with Crippen LogP contribution in [0.4, 0.5) is 0 Å². The summed E-state index contributed by atoms with van der Waals surface area (Å²) in [5.41, 5.74) is 1.48. The van der Waals surface area contributed by atoms with E-state index in [2.05, 4.69) is 6.07 Å². The Labute approximate surface area is 151 Å². The van der Waals surface area contributed by atoms with Gasteiger partial charge in [0.25, 0.3) is 0 Å². The van der Waals surface area contributed by atoms with E-state index in [0.717, 1.165) is 11.1 Å². The molecule has 6 nitrogen and oxygen atoms in total. The molecule has 0 N–H and O–H groups in total. The molecule has 0 radical (unpaired) electrons. The molecular weight excluding hydrogens is 334 g/mol. The lowest BCUT2D eigenvalue weighted by Crippen LogP contribution is -2.24. The molecule has 0 saturated carbocycles. The van der Waals surface area contributed by atoms with Gasteiger partial charge in [-0.15, -0.1) is 0 Å². The van der Waals surface area contributed by atoms with Gasteiger partial charge in [0.2, 0.25) is 6.79 Å². The third-order valence-corrected chi connectivity index (χ3v) is 4.24. The van der Waals surface area contributed by atoms with Gasteiger partial charge in [-0.3, -0.25) is 4.79 Å². The van der Waals surface area contributed by atoms with Crippen molar-refractivity contribution >= 4 is 5.97 Å². The molecule has 0 spiro atoms. The second-order valence-corrected chi connectivity index (χ2v) is 5.69. The summed E-state index contributed by atoms with van der Waals surface area (Å²) in [7, 11) is 1.56. The van der Waals surface area contributed by atoms with Crippen LogP contribution in [0.1, 0.15) is 24.0 Å². The van der Waals surface area contributed by atoms with Crippen LogP contribution >= 0.6 is 0 Å². The highest BCUT2D eigenvalue weighted by Crippen LogP contribution is 2.42. The van der Waals surface area contributed by atoms with Crippen molar-refractivity contribution in [3.8, 4) is 23.3 Å². The number of para-hydroxylation sites is 1. The van der Waals surface area contributed by atoms with Crippen LogP contribution in [0.3, 0.4) is 0 Å². The van der Waals surface area contributed by atoms with E-state index in [1.165, 1.54) is 0 Å². The maximum absolute atomic E-state index is 12.5. The predicted molar refractivity (Wildman–Crippen MR) is 93.1 cm³/mol. The summed E-state index contributed by atoms with van der Waals surface area (Å²) in [6.45, 7) is 2.07. The normalized spacial score (nSPS) is 14.2. The average molecular weight is 353 g/mol. The number of methoxy groups -OCH3 is 1. The fourth-order valence-corrected chi connectivity index (χ4v) is 3.08. The molecule has 1 heterocycles. The molecule has 2 unspecified atom stereocenters. The second kappa shape index (κ2) is 7.79. The SMILES string of the molecule is CCOC(=O)C(C#N)C(c1ccc2c(c1)OCO2)c1ccccc1OC. The van der Waals surface area contributed by atoms with Gasteiger partial charge in [-0.2, -0.15) is 5.26 Å². The third-order valence-electron chi connectivity index (χ3n) is 4.24. The number of esters is 1. The molecule has 6 heteroatoms. The Balaban J connectivity index is 2.12. The monoisotopic (exact) mass is 353 g/mol. The number of carbonyl (C=O) groups is 1. The number of carbonyl (C=O) groups excluding carboxylic acids is 1. The summed E-state index contributed by atoms with van der Waals surface area (Å²) in [5.74, 6) is -0.334. The van der Waals surface area contributed by atoms with Crippen molar-refractivity contribution < 1.29 is 23.7 Å². The van der Waals surface area contributed by atoms with Crippen molar-refractivity contribution in [1.29, 1.82) is 5.26 Å². The molecule has 0 bridgehead atoms. The Kier molecular flexibility index (Phi) is 5.28. The van der Waals surface area contributed by atoms with E-state index in [1.807, 2.05) is 24.3 Å². The molecule has 134 valence electrons. The minimum atomic E-state index is -1.02. The molecule has 1 aliphatic heterocycles. The molecule has 2 aromatic carbocycles. The lowest BCUT2D eigenvalue weighted by atomic mass is 9.80. The van der Waals surface area contributed by atoms with Crippen LogP contribution in [-0.2, 0) is 9.53 Å². The Morgan fingerprint density at radius 2 is 2.00 bits per heavy atom. The zero-order valence-corrected chi connectivity index (χ0v) is 14.6. The summed E-state index contributed by atoms with van der Waals surface area (Å²) in [6.07, 6.45) is 0. The molecule has 3 rings (SSSR count). The number of ether oxygens (including phenoxy) is 4. The fraction of sp³-hybridized carbons (Fsp3) is 0.300. The number of nitriles is 1. The summed E-state index contributed by atoms with van der Waals surface area (Å²) in [6, 6.07) is 14.8. The van der Waals surface area contributed by atoms with Crippen molar-refractivity contribution in [1.82, 2.24) is 0 Å². The molecule has 2 aromatic rings. The Bertz CT molecular complexity index is 842. The summed E-state index contributed by atoms with van der Waals surface area (Å²) >= 11 is 0. The van der Waals surface area contributed by atoms with E-state index in [4.69, 9.17) is 18.9 Å². The Morgan fingerprint density at radius 1 is 1.23 bits per heavy atom. The number of hydrogen-bond acceptors (Lipinski definition) is 6. The van der Waals surface area contributed by atoms with Gasteiger partial charge in [0.05, 0.1) is 19.8 Å². The van der Waals surface area contributed by atoms with Crippen molar-refractivity contribution in [3.05, 3.63) is 53.6 Å². The first kappa shape index (κ1) is 17.6. The number of nitrogens with zero attached hydrogens (tertiary/aromatic N) is 1. The number of benzene rings is 2. The maximum Gasteiger partial charge on any atom is 0.324 e. The van der Waals surface area contributed by atoms with Crippen LogP contribution in [0.25, 0.3) is 0 Å². The average Bonchev–Trinajstić information content (AvgIpc) is 3.14. The van der Waals surface area contributed by atoms with E-state index < -0.39 is 17.8 Å². The van der Waals surface area contributed by atoms with Gasteiger partial charge in [0, 0.05) is 11.5 Å². The molecule has 26 heavy (non-hydrogen) atoms. The largest absolute Gasteiger partial charge is 0.496 e. The van der Waals surface area contributed by atoms with Gasteiger partial charge in [-0.25, -0.2) is 0 Å². The first-order chi connectivity index (χ1) is 12.7. The van der Waals surface area contributed by atoms with E-state index in [1.54, 1.807) is 32.2 Å². The lowest BCUT2D eigenvalue weighted by Gasteiger charge is -2.23. The van der Waals surface area contributed by atoms with Crippen LogP contribution in [0.5, 0.6) is 17.2 Å². The summed E-state index contributed by atoms with van der Waals surface area (Å²) in [4.78, 5) is 12.5. The summed E-state index contributed by atoms with van der Waals surface area (Å²) < 4.78 is 21.4. The Morgan fingerprint density at radius 3 is 2.73 bits per heavy atom. The standard InChI is InChI=1S/C20H19NO5/c1-3-24-20(22)15(11-21)19(14-6-4-5-7-16(14)23-2)13-8-9-17-18(10-13)26-12-25-17/h4-10,15,19H,3,12H2,1-2H3. The van der Waals surface area contributed by atoms with Crippen LogP contribution in [0.15, 0.2) is 42.5 Å². The topological polar surface area (TPSA) is 77.8 Å².